The second kappa shape index (κ2) is 7.73. The molecule has 0 saturated carbocycles. The number of benzene rings is 1. The number of hydrogen-bond acceptors (Lipinski definition) is 4. The van der Waals surface area contributed by atoms with Gasteiger partial charge in [-0.25, -0.2) is 13.4 Å². The first kappa shape index (κ1) is 18.7. The van der Waals surface area contributed by atoms with Gasteiger partial charge in [-0.2, -0.15) is 4.31 Å². The van der Waals surface area contributed by atoms with Crippen LogP contribution in [0.4, 0.5) is 0 Å². The van der Waals surface area contributed by atoms with Crippen molar-refractivity contribution in [3.63, 3.8) is 0 Å². The van der Waals surface area contributed by atoms with E-state index in [9.17, 15) is 8.42 Å². The Balaban J connectivity index is 1.41. The minimum atomic E-state index is -3.38. The summed E-state index contributed by atoms with van der Waals surface area (Å²) in [5, 5.41) is 3.56. The van der Waals surface area contributed by atoms with E-state index in [1.54, 1.807) is 16.4 Å². The first-order chi connectivity index (χ1) is 13.0. The fourth-order valence-corrected chi connectivity index (χ4v) is 5.74. The highest BCUT2D eigenvalue weighted by atomic mass is 32.2. The molecule has 0 amide bonds. The van der Waals surface area contributed by atoms with Gasteiger partial charge >= 0.3 is 0 Å². The molecule has 2 atom stereocenters. The minimum Gasteiger partial charge on any atom is -0.334 e. The van der Waals surface area contributed by atoms with Crippen LogP contribution < -0.4 is 5.32 Å². The van der Waals surface area contributed by atoms with Crippen LogP contribution in [0.3, 0.4) is 0 Å². The van der Waals surface area contributed by atoms with Gasteiger partial charge in [-0.15, -0.1) is 0 Å². The first-order valence-electron chi connectivity index (χ1n) is 9.87. The first-order valence-corrected chi connectivity index (χ1v) is 11.3. The average Bonchev–Trinajstić information content (AvgIpc) is 3.16. The van der Waals surface area contributed by atoms with Gasteiger partial charge in [0, 0.05) is 38.6 Å². The molecule has 2 aliphatic rings. The normalized spacial score (nSPS) is 23.9. The monoisotopic (exact) mass is 388 g/mol. The Labute approximate surface area is 161 Å². The maximum atomic E-state index is 12.9. The fourth-order valence-electron chi connectivity index (χ4n) is 4.14. The van der Waals surface area contributed by atoms with Gasteiger partial charge in [0.2, 0.25) is 10.0 Å². The number of rotatable bonds is 5. The molecule has 0 aliphatic carbocycles. The number of aryl methyl sites for hydroxylation is 1. The summed E-state index contributed by atoms with van der Waals surface area (Å²) in [6, 6.07) is 7.58. The summed E-state index contributed by atoms with van der Waals surface area (Å²) in [7, 11) is -3.38. The summed E-state index contributed by atoms with van der Waals surface area (Å²) in [6.07, 6.45) is 8.17. The van der Waals surface area contributed by atoms with E-state index in [4.69, 9.17) is 0 Å². The second-order valence-corrected chi connectivity index (χ2v) is 9.75. The highest BCUT2D eigenvalue weighted by molar-refractivity contribution is 7.89. The molecule has 146 valence electrons. The number of sulfonamides is 1. The number of piperidine rings is 1. The lowest BCUT2D eigenvalue weighted by molar-refractivity contribution is 0.281. The van der Waals surface area contributed by atoms with Crippen LogP contribution in [0.25, 0.3) is 0 Å². The second-order valence-electron chi connectivity index (χ2n) is 7.81. The predicted molar refractivity (Wildman–Crippen MR) is 105 cm³/mol. The molecule has 1 N–H and O–H groups in total. The Morgan fingerprint density at radius 1 is 1.15 bits per heavy atom. The maximum Gasteiger partial charge on any atom is 0.243 e. The SMILES string of the molecule is CC1CCCN(S(=O)(=O)c2ccc(CNC3CCCn4ccnc43)cc2)C1. The molecule has 3 heterocycles. The summed E-state index contributed by atoms with van der Waals surface area (Å²) in [6.45, 7) is 5.12. The number of imidazole rings is 1. The van der Waals surface area contributed by atoms with Crippen LogP contribution in [0.5, 0.6) is 0 Å². The van der Waals surface area contributed by atoms with E-state index in [1.807, 2.05) is 24.5 Å². The molecule has 0 bridgehead atoms. The van der Waals surface area contributed by atoms with Crippen molar-refractivity contribution in [2.24, 2.45) is 5.92 Å². The van der Waals surface area contributed by atoms with Crippen molar-refractivity contribution in [1.29, 1.82) is 0 Å². The number of fused-ring (bicyclic) bond motifs is 1. The molecule has 27 heavy (non-hydrogen) atoms. The van der Waals surface area contributed by atoms with Crippen LogP contribution in [0.1, 0.15) is 50.0 Å². The minimum absolute atomic E-state index is 0.256. The zero-order valence-corrected chi connectivity index (χ0v) is 16.7. The highest BCUT2D eigenvalue weighted by Crippen LogP contribution is 2.25. The predicted octanol–water partition coefficient (Wildman–Crippen LogP) is 2.93. The van der Waals surface area contributed by atoms with Gasteiger partial charge in [0.05, 0.1) is 10.9 Å². The van der Waals surface area contributed by atoms with Crippen molar-refractivity contribution >= 4 is 10.0 Å². The lowest BCUT2D eigenvalue weighted by Gasteiger charge is -2.30. The Hall–Kier alpha value is -1.70. The molecule has 6 nitrogen and oxygen atoms in total. The molecule has 2 aromatic rings. The molecule has 1 aromatic carbocycles. The molecule has 0 radical (unpaired) electrons. The molecular formula is C20H28N4O2S. The lowest BCUT2D eigenvalue weighted by Crippen LogP contribution is -2.39. The van der Waals surface area contributed by atoms with Crippen molar-refractivity contribution in [3.8, 4) is 0 Å². The summed E-state index contributed by atoms with van der Waals surface area (Å²) in [5.41, 5.74) is 1.09. The Kier molecular flexibility index (Phi) is 5.34. The Bertz CT molecular complexity index is 876. The summed E-state index contributed by atoms with van der Waals surface area (Å²) < 4.78 is 29.6. The van der Waals surface area contributed by atoms with Gasteiger partial charge in [0.15, 0.2) is 0 Å². The van der Waals surface area contributed by atoms with Crippen molar-refractivity contribution in [2.45, 2.75) is 56.6 Å². The Morgan fingerprint density at radius 3 is 2.70 bits per heavy atom. The molecule has 2 aliphatic heterocycles. The van der Waals surface area contributed by atoms with Crippen LogP contribution in [-0.4, -0.2) is 35.4 Å². The third kappa shape index (κ3) is 3.95. The molecule has 2 unspecified atom stereocenters. The van der Waals surface area contributed by atoms with Gasteiger partial charge in [0.25, 0.3) is 0 Å². The molecule has 4 rings (SSSR count). The van der Waals surface area contributed by atoms with E-state index in [0.29, 0.717) is 30.4 Å². The van der Waals surface area contributed by atoms with Gasteiger partial charge < -0.3 is 9.88 Å². The third-order valence-electron chi connectivity index (χ3n) is 5.68. The van der Waals surface area contributed by atoms with Crippen LogP contribution in [0.15, 0.2) is 41.6 Å². The van der Waals surface area contributed by atoms with Gasteiger partial charge in [-0.05, 0) is 49.3 Å². The van der Waals surface area contributed by atoms with Crippen molar-refractivity contribution in [3.05, 3.63) is 48.0 Å². The molecular weight excluding hydrogens is 360 g/mol. The molecule has 1 aromatic heterocycles. The van der Waals surface area contributed by atoms with Crippen LogP contribution >= 0.6 is 0 Å². The lowest BCUT2D eigenvalue weighted by atomic mass is 10.0. The average molecular weight is 389 g/mol. The number of aromatic nitrogens is 2. The number of nitrogens with one attached hydrogen (secondary N) is 1. The highest BCUT2D eigenvalue weighted by Gasteiger charge is 2.28. The fraction of sp³-hybridized carbons (Fsp3) is 0.550. The quantitative estimate of drug-likeness (QED) is 0.855. The van der Waals surface area contributed by atoms with E-state index in [1.165, 1.54) is 0 Å². The zero-order valence-electron chi connectivity index (χ0n) is 15.8. The van der Waals surface area contributed by atoms with Gasteiger partial charge in [-0.1, -0.05) is 19.1 Å². The van der Waals surface area contributed by atoms with Crippen LogP contribution in [0.2, 0.25) is 0 Å². The summed E-state index contributed by atoms with van der Waals surface area (Å²) >= 11 is 0. The van der Waals surface area contributed by atoms with Crippen molar-refractivity contribution in [2.75, 3.05) is 13.1 Å². The number of nitrogens with zero attached hydrogens (tertiary/aromatic N) is 3. The smallest absolute Gasteiger partial charge is 0.243 e. The molecule has 7 heteroatoms. The van der Waals surface area contributed by atoms with E-state index in [0.717, 1.165) is 43.6 Å². The molecule has 1 fully saturated rings. The van der Waals surface area contributed by atoms with E-state index in [-0.39, 0.29) is 6.04 Å². The topological polar surface area (TPSA) is 67.2 Å². The zero-order chi connectivity index (χ0) is 18.9. The van der Waals surface area contributed by atoms with Gasteiger partial charge in [-0.3, -0.25) is 0 Å². The van der Waals surface area contributed by atoms with E-state index < -0.39 is 10.0 Å². The van der Waals surface area contributed by atoms with Crippen molar-refractivity contribution in [1.82, 2.24) is 19.2 Å². The number of hydrogen-bond donors (Lipinski definition) is 1. The van der Waals surface area contributed by atoms with Crippen LogP contribution in [0, 0.1) is 5.92 Å². The maximum absolute atomic E-state index is 12.9. The van der Waals surface area contributed by atoms with Gasteiger partial charge in [0.1, 0.15) is 5.82 Å². The summed E-state index contributed by atoms with van der Waals surface area (Å²) in [4.78, 5) is 4.87. The largest absolute Gasteiger partial charge is 0.334 e. The Morgan fingerprint density at radius 2 is 1.93 bits per heavy atom. The summed E-state index contributed by atoms with van der Waals surface area (Å²) in [5.74, 6) is 1.53. The molecule has 0 spiro atoms. The third-order valence-corrected chi connectivity index (χ3v) is 7.56. The standard InChI is InChI=1S/C20H28N4O2S/c1-16-4-2-12-24(15-16)27(25,26)18-8-6-17(7-9-18)14-22-19-5-3-11-23-13-10-21-20(19)23/h6-10,13,16,19,22H,2-5,11-12,14-15H2,1H3. The molecule has 1 saturated heterocycles. The van der Waals surface area contributed by atoms with E-state index in [2.05, 4.69) is 21.8 Å². The van der Waals surface area contributed by atoms with Crippen molar-refractivity contribution < 1.29 is 8.42 Å². The van der Waals surface area contributed by atoms with E-state index >= 15 is 0 Å². The van der Waals surface area contributed by atoms with Crippen LogP contribution in [-0.2, 0) is 23.1 Å².